The molecule has 22 heavy (non-hydrogen) atoms. The number of pyridine rings is 4. The molecule has 1 N–H and O–H groups in total. The fourth-order valence-corrected chi connectivity index (χ4v) is 2.17. The van der Waals surface area contributed by atoms with Crippen LogP contribution in [0.25, 0.3) is 21.8 Å². The molecule has 0 aliphatic heterocycles. The van der Waals surface area contributed by atoms with E-state index in [1.54, 1.807) is 49.3 Å². The number of nitrogens with one attached hydrogen (secondary N) is 1. The molecule has 0 fully saturated rings. The van der Waals surface area contributed by atoms with Gasteiger partial charge in [-0.25, -0.2) is 0 Å². The Morgan fingerprint density at radius 2 is 1.68 bits per heavy atom. The Hall–Kier alpha value is -2.79. The number of aromatic nitrogens is 4. The molecule has 0 unspecified atom stereocenters. The third-order valence-corrected chi connectivity index (χ3v) is 3.38. The SMILES string of the molecule is Clc1ccnc2ccncc12.O=c1cc[nH]c2ccncc12. The normalized spacial score (nSPS) is 10.2. The van der Waals surface area contributed by atoms with E-state index in [9.17, 15) is 4.79 Å². The zero-order chi connectivity index (χ0) is 15.4. The highest BCUT2D eigenvalue weighted by Crippen LogP contribution is 2.18. The maximum atomic E-state index is 11.1. The van der Waals surface area contributed by atoms with Gasteiger partial charge in [0.2, 0.25) is 0 Å². The summed E-state index contributed by atoms with van der Waals surface area (Å²) in [4.78, 5) is 26.0. The van der Waals surface area contributed by atoms with Gasteiger partial charge in [-0.3, -0.25) is 19.7 Å². The van der Waals surface area contributed by atoms with Gasteiger partial charge >= 0.3 is 0 Å². The van der Waals surface area contributed by atoms with Gasteiger partial charge in [-0.05, 0) is 18.2 Å². The topological polar surface area (TPSA) is 71.5 Å². The van der Waals surface area contributed by atoms with Crippen LogP contribution in [0, 0.1) is 0 Å². The monoisotopic (exact) mass is 310 g/mol. The lowest BCUT2D eigenvalue weighted by Crippen LogP contribution is -1.99. The van der Waals surface area contributed by atoms with Gasteiger partial charge < -0.3 is 4.98 Å². The molecule has 108 valence electrons. The second-order valence-corrected chi connectivity index (χ2v) is 4.86. The molecule has 0 aliphatic carbocycles. The summed E-state index contributed by atoms with van der Waals surface area (Å²) in [7, 11) is 0. The minimum Gasteiger partial charge on any atom is -0.361 e. The highest BCUT2D eigenvalue weighted by molar-refractivity contribution is 6.35. The van der Waals surface area contributed by atoms with Crippen LogP contribution in [0.1, 0.15) is 0 Å². The van der Waals surface area contributed by atoms with E-state index in [0.29, 0.717) is 10.4 Å². The molecule has 6 heteroatoms. The van der Waals surface area contributed by atoms with E-state index in [1.165, 1.54) is 6.07 Å². The van der Waals surface area contributed by atoms with Gasteiger partial charge in [0.25, 0.3) is 0 Å². The number of hydrogen-bond acceptors (Lipinski definition) is 4. The number of fused-ring (bicyclic) bond motifs is 2. The molecule has 4 heterocycles. The third-order valence-electron chi connectivity index (χ3n) is 3.05. The molecule has 0 aliphatic rings. The van der Waals surface area contributed by atoms with E-state index in [1.807, 2.05) is 6.07 Å². The lowest BCUT2D eigenvalue weighted by molar-refractivity contribution is 1.31. The first kappa shape index (κ1) is 14.2. The third kappa shape index (κ3) is 2.94. The van der Waals surface area contributed by atoms with E-state index >= 15 is 0 Å². The minimum atomic E-state index is 0.00634. The summed E-state index contributed by atoms with van der Waals surface area (Å²) in [6.07, 6.45) is 9.94. The zero-order valence-corrected chi connectivity index (χ0v) is 12.2. The number of aromatic amines is 1. The largest absolute Gasteiger partial charge is 0.361 e. The average molecular weight is 311 g/mol. The molecule has 0 atom stereocenters. The van der Waals surface area contributed by atoms with Gasteiger partial charge in [0.15, 0.2) is 5.43 Å². The van der Waals surface area contributed by atoms with Crippen LogP contribution < -0.4 is 5.43 Å². The fourth-order valence-electron chi connectivity index (χ4n) is 1.97. The van der Waals surface area contributed by atoms with Crippen molar-refractivity contribution in [2.75, 3.05) is 0 Å². The highest BCUT2D eigenvalue weighted by atomic mass is 35.5. The molecule has 0 aromatic carbocycles. The highest BCUT2D eigenvalue weighted by Gasteiger charge is 1.96. The minimum absolute atomic E-state index is 0.00634. The van der Waals surface area contributed by atoms with Gasteiger partial charge in [0, 0.05) is 48.6 Å². The first-order chi connectivity index (χ1) is 10.8. The summed E-state index contributed by atoms with van der Waals surface area (Å²) < 4.78 is 0. The lowest BCUT2D eigenvalue weighted by atomic mass is 10.3. The van der Waals surface area contributed by atoms with Crippen molar-refractivity contribution in [1.29, 1.82) is 0 Å². The van der Waals surface area contributed by atoms with Gasteiger partial charge in [0.1, 0.15) is 0 Å². The summed E-state index contributed by atoms with van der Waals surface area (Å²) in [5.41, 5.74) is 1.71. The predicted octanol–water partition coefficient (Wildman–Crippen LogP) is 3.21. The van der Waals surface area contributed by atoms with Crippen molar-refractivity contribution in [3.05, 3.63) is 76.7 Å². The van der Waals surface area contributed by atoms with Crippen molar-refractivity contribution in [2.24, 2.45) is 0 Å². The number of nitrogens with zero attached hydrogens (tertiary/aromatic N) is 3. The Morgan fingerprint density at radius 3 is 2.45 bits per heavy atom. The summed E-state index contributed by atoms with van der Waals surface area (Å²) >= 11 is 5.88. The predicted molar refractivity (Wildman–Crippen MR) is 86.9 cm³/mol. The van der Waals surface area contributed by atoms with Crippen LogP contribution in [0.15, 0.2) is 66.2 Å². The Kier molecular flexibility index (Phi) is 4.07. The molecule has 0 radical (unpaired) electrons. The van der Waals surface area contributed by atoms with Crippen LogP contribution in [0.4, 0.5) is 0 Å². The second-order valence-electron chi connectivity index (χ2n) is 4.45. The lowest BCUT2D eigenvalue weighted by Gasteiger charge is -1.95. The standard InChI is InChI=1S/C8H5ClN2.C8H6N2O/c9-7-1-4-11-8-2-3-10-5-6(7)8;11-8-2-4-10-7-1-3-9-5-6(7)8/h1-5H;1-5H,(H,10,11). The molecule has 0 saturated heterocycles. The second kappa shape index (κ2) is 6.32. The molecule has 0 bridgehead atoms. The Balaban J connectivity index is 0.000000131. The summed E-state index contributed by atoms with van der Waals surface area (Å²) in [6.45, 7) is 0. The molecule has 0 spiro atoms. The molecular formula is C16H11ClN4O. The molecule has 4 aromatic heterocycles. The zero-order valence-electron chi connectivity index (χ0n) is 11.4. The maximum Gasteiger partial charge on any atom is 0.190 e. The number of halogens is 1. The number of rotatable bonds is 0. The van der Waals surface area contributed by atoms with Gasteiger partial charge in [-0.2, -0.15) is 0 Å². The Labute approximate surface area is 130 Å². The van der Waals surface area contributed by atoms with Gasteiger partial charge in [-0.15, -0.1) is 0 Å². The number of H-pyrrole nitrogens is 1. The molecule has 5 nitrogen and oxygen atoms in total. The Bertz CT molecular complexity index is 973. The fraction of sp³-hybridized carbons (Fsp3) is 0. The van der Waals surface area contributed by atoms with E-state index in [2.05, 4.69) is 19.9 Å². The van der Waals surface area contributed by atoms with E-state index in [0.717, 1.165) is 16.4 Å². The molecule has 4 rings (SSSR count). The first-order valence-electron chi connectivity index (χ1n) is 6.51. The van der Waals surface area contributed by atoms with Crippen LogP contribution in [0.2, 0.25) is 5.02 Å². The Morgan fingerprint density at radius 1 is 0.909 bits per heavy atom. The quantitative estimate of drug-likeness (QED) is 0.541. The average Bonchev–Trinajstić information content (AvgIpc) is 2.57. The van der Waals surface area contributed by atoms with Crippen LogP contribution in [-0.4, -0.2) is 19.9 Å². The smallest absolute Gasteiger partial charge is 0.190 e. The van der Waals surface area contributed by atoms with Crippen LogP contribution in [0.5, 0.6) is 0 Å². The van der Waals surface area contributed by atoms with E-state index < -0.39 is 0 Å². The molecular weight excluding hydrogens is 300 g/mol. The maximum absolute atomic E-state index is 11.1. The van der Waals surface area contributed by atoms with Crippen molar-refractivity contribution >= 4 is 33.4 Å². The van der Waals surface area contributed by atoms with Crippen molar-refractivity contribution < 1.29 is 0 Å². The van der Waals surface area contributed by atoms with E-state index in [-0.39, 0.29) is 5.43 Å². The summed E-state index contributed by atoms with van der Waals surface area (Å²) in [5.74, 6) is 0. The van der Waals surface area contributed by atoms with Crippen molar-refractivity contribution in [1.82, 2.24) is 19.9 Å². The van der Waals surface area contributed by atoms with Gasteiger partial charge in [-0.1, -0.05) is 11.6 Å². The number of hydrogen-bond donors (Lipinski definition) is 1. The van der Waals surface area contributed by atoms with Crippen LogP contribution in [-0.2, 0) is 0 Å². The van der Waals surface area contributed by atoms with Crippen LogP contribution in [0.3, 0.4) is 0 Å². The van der Waals surface area contributed by atoms with Gasteiger partial charge in [0.05, 0.1) is 21.4 Å². The molecule has 4 aromatic rings. The van der Waals surface area contributed by atoms with Crippen LogP contribution >= 0.6 is 11.6 Å². The summed E-state index contributed by atoms with van der Waals surface area (Å²) in [5, 5.41) is 2.23. The van der Waals surface area contributed by atoms with E-state index in [4.69, 9.17) is 11.6 Å². The van der Waals surface area contributed by atoms with Crippen molar-refractivity contribution in [2.45, 2.75) is 0 Å². The molecule has 0 saturated carbocycles. The first-order valence-corrected chi connectivity index (χ1v) is 6.89. The molecule has 0 amide bonds. The summed E-state index contributed by atoms with van der Waals surface area (Å²) in [6, 6.07) is 6.85. The van der Waals surface area contributed by atoms with Crippen molar-refractivity contribution in [3.63, 3.8) is 0 Å². The van der Waals surface area contributed by atoms with Crippen molar-refractivity contribution in [3.8, 4) is 0 Å².